The standard InChI is InChI=1S/C22H22N2O3S/c1-14-4-8-17(9-5-14)21-19(28-15(2)24-21)12-20(25)23-13-16-6-10-18(11-7-16)22(26)27-3/h4-11H,12-13H2,1-3H3,(H,23,25). The quantitative estimate of drug-likeness (QED) is 0.640. The smallest absolute Gasteiger partial charge is 0.337 e. The van der Waals surface area contributed by atoms with Crippen molar-refractivity contribution in [2.45, 2.75) is 26.8 Å². The maximum atomic E-state index is 12.4. The molecule has 0 aliphatic rings. The molecular formula is C22H22N2O3S. The van der Waals surface area contributed by atoms with Crippen molar-refractivity contribution in [2.24, 2.45) is 0 Å². The number of esters is 1. The van der Waals surface area contributed by atoms with Crippen LogP contribution >= 0.6 is 11.3 Å². The number of hydrogen-bond acceptors (Lipinski definition) is 5. The molecule has 1 N–H and O–H groups in total. The highest BCUT2D eigenvalue weighted by Crippen LogP contribution is 2.28. The minimum absolute atomic E-state index is 0.0611. The van der Waals surface area contributed by atoms with Crippen LogP contribution in [0.25, 0.3) is 11.3 Å². The molecular weight excluding hydrogens is 372 g/mol. The molecule has 2 aromatic carbocycles. The van der Waals surface area contributed by atoms with Crippen LogP contribution in [0.15, 0.2) is 48.5 Å². The third-order valence-corrected chi connectivity index (χ3v) is 5.29. The number of nitrogens with one attached hydrogen (secondary N) is 1. The second-order valence-electron chi connectivity index (χ2n) is 6.51. The molecule has 6 heteroatoms. The van der Waals surface area contributed by atoms with Gasteiger partial charge in [0.1, 0.15) is 0 Å². The maximum absolute atomic E-state index is 12.4. The lowest BCUT2D eigenvalue weighted by atomic mass is 10.1. The summed E-state index contributed by atoms with van der Waals surface area (Å²) in [7, 11) is 1.35. The SMILES string of the molecule is COC(=O)c1ccc(CNC(=O)Cc2sc(C)nc2-c2ccc(C)cc2)cc1. The van der Waals surface area contributed by atoms with Crippen molar-refractivity contribution in [3.05, 3.63) is 75.1 Å². The monoisotopic (exact) mass is 394 g/mol. The number of thiazole rings is 1. The first-order valence-corrected chi connectivity index (χ1v) is 9.75. The van der Waals surface area contributed by atoms with E-state index in [-0.39, 0.29) is 18.3 Å². The number of benzene rings is 2. The lowest BCUT2D eigenvalue weighted by Gasteiger charge is -2.07. The zero-order chi connectivity index (χ0) is 20.1. The molecule has 1 aromatic heterocycles. The number of nitrogens with zero attached hydrogens (tertiary/aromatic N) is 1. The predicted molar refractivity (Wildman–Crippen MR) is 110 cm³/mol. The lowest BCUT2D eigenvalue weighted by Crippen LogP contribution is -2.24. The van der Waals surface area contributed by atoms with Crippen molar-refractivity contribution in [1.82, 2.24) is 10.3 Å². The van der Waals surface area contributed by atoms with E-state index in [1.165, 1.54) is 12.7 Å². The second-order valence-corrected chi connectivity index (χ2v) is 7.80. The molecule has 28 heavy (non-hydrogen) atoms. The van der Waals surface area contributed by atoms with Gasteiger partial charge in [-0.25, -0.2) is 9.78 Å². The number of amides is 1. The number of ether oxygens (including phenoxy) is 1. The van der Waals surface area contributed by atoms with Crippen LogP contribution in [-0.2, 0) is 22.5 Å². The van der Waals surface area contributed by atoms with E-state index in [1.54, 1.807) is 35.6 Å². The molecule has 5 nitrogen and oxygen atoms in total. The Morgan fingerprint density at radius 1 is 1.04 bits per heavy atom. The Morgan fingerprint density at radius 2 is 1.71 bits per heavy atom. The number of hydrogen-bond donors (Lipinski definition) is 1. The summed E-state index contributed by atoms with van der Waals surface area (Å²) in [6, 6.07) is 15.2. The molecule has 0 radical (unpaired) electrons. The molecule has 0 saturated heterocycles. The Labute approximate surface area is 168 Å². The Kier molecular flexibility index (Phi) is 6.21. The van der Waals surface area contributed by atoms with E-state index < -0.39 is 0 Å². The molecule has 1 heterocycles. The third kappa shape index (κ3) is 4.84. The second kappa shape index (κ2) is 8.80. The lowest BCUT2D eigenvalue weighted by molar-refractivity contribution is -0.120. The molecule has 144 valence electrons. The van der Waals surface area contributed by atoms with Gasteiger partial charge in [0.2, 0.25) is 5.91 Å². The summed E-state index contributed by atoms with van der Waals surface area (Å²) in [5, 5.41) is 3.87. The fourth-order valence-electron chi connectivity index (χ4n) is 2.81. The van der Waals surface area contributed by atoms with Crippen molar-refractivity contribution in [3.63, 3.8) is 0 Å². The highest BCUT2D eigenvalue weighted by molar-refractivity contribution is 7.12. The van der Waals surface area contributed by atoms with Crippen molar-refractivity contribution < 1.29 is 14.3 Å². The summed E-state index contributed by atoms with van der Waals surface area (Å²) in [4.78, 5) is 29.5. The first kappa shape index (κ1) is 19.8. The number of aryl methyl sites for hydroxylation is 2. The number of carbonyl (C=O) groups excluding carboxylic acids is 2. The fourth-order valence-corrected chi connectivity index (χ4v) is 3.77. The Morgan fingerprint density at radius 3 is 2.36 bits per heavy atom. The van der Waals surface area contributed by atoms with E-state index in [1.807, 2.05) is 38.1 Å². The van der Waals surface area contributed by atoms with Crippen LogP contribution in [-0.4, -0.2) is 24.0 Å². The van der Waals surface area contributed by atoms with Gasteiger partial charge in [0.25, 0.3) is 0 Å². The van der Waals surface area contributed by atoms with Crippen molar-refractivity contribution in [3.8, 4) is 11.3 Å². The first-order chi connectivity index (χ1) is 13.5. The van der Waals surface area contributed by atoms with E-state index >= 15 is 0 Å². The van der Waals surface area contributed by atoms with E-state index in [2.05, 4.69) is 15.0 Å². The summed E-state index contributed by atoms with van der Waals surface area (Å²) in [5.74, 6) is -0.436. The predicted octanol–water partition coefficient (Wildman–Crippen LogP) is 4.07. The number of methoxy groups -OCH3 is 1. The van der Waals surface area contributed by atoms with E-state index in [0.29, 0.717) is 12.1 Å². The van der Waals surface area contributed by atoms with Gasteiger partial charge in [-0.2, -0.15) is 0 Å². The van der Waals surface area contributed by atoms with Gasteiger partial charge in [-0.05, 0) is 31.5 Å². The topological polar surface area (TPSA) is 68.3 Å². The van der Waals surface area contributed by atoms with Crippen LogP contribution in [0, 0.1) is 13.8 Å². The van der Waals surface area contributed by atoms with Crippen molar-refractivity contribution in [2.75, 3.05) is 7.11 Å². The zero-order valence-electron chi connectivity index (χ0n) is 16.1. The minimum Gasteiger partial charge on any atom is -0.465 e. The van der Waals surface area contributed by atoms with Crippen LogP contribution in [0.4, 0.5) is 0 Å². The average molecular weight is 394 g/mol. The van der Waals surface area contributed by atoms with Crippen molar-refractivity contribution >= 4 is 23.2 Å². The van der Waals surface area contributed by atoms with Crippen LogP contribution in [0.2, 0.25) is 0 Å². The van der Waals surface area contributed by atoms with Gasteiger partial charge in [0.05, 0.1) is 29.8 Å². The molecule has 0 saturated carbocycles. The van der Waals surface area contributed by atoms with E-state index in [0.717, 1.165) is 26.7 Å². The Bertz CT molecular complexity index is 976. The summed E-state index contributed by atoms with van der Waals surface area (Å²) in [6.45, 7) is 4.40. The molecule has 0 atom stereocenters. The summed E-state index contributed by atoms with van der Waals surface area (Å²) in [6.07, 6.45) is 0.287. The highest BCUT2D eigenvalue weighted by Gasteiger charge is 2.15. The van der Waals surface area contributed by atoms with Gasteiger partial charge >= 0.3 is 5.97 Å². The molecule has 3 rings (SSSR count). The Balaban J connectivity index is 1.64. The molecule has 3 aromatic rings. The van der Waals surface area contributed by atoms with E-state index in [9.17, 15) is 9.59 Å². The van der Waals surface area contributed by atoms with Crippen LogP contribution in [0.5, 0.6) is 0 Å². The number of rotatable bonds is 6. The fraction of sp³-hybridized carbons (Fsp3) is 0.227. The van der Waals surface area contributed by atoms with Crippen LogP contribution in [0.3, 0.4) is 0 Å². The number of carbonyl (C=O) groups is 2. The first-order valence-electron chi connectivity index (χ1n) is 8.93. The maximum Gasteiger partial charge on any atom is 0.337 e. The zero-order valence-corrected chi connectivity index (χ0v) is 16.9. The van der Waals surface area contributed by atoms with Gasteiger partial charge in [-0.15, -0.1) is 11.3 Å². The molecule has 0 unspecified atom stereocenters. The largest absolute Gasteiger partial charge is 0.465 e. The normalized spacial score (nSPS) is 10.5. The minimum atomic E-state index is -0.375. The Hall–Kier alpha value is -2.99. The highest BCUT2D eigenvalue weighted by atomic mass is 32.1. The molecule has 0 spiro atoms. The van der Waals surface area contributed by atoms with Crippen LogP contribution < -0.4 is 5.32 Å². The summed E-state index contributed by atoms with van der Waals surface area (Å²) in [5.41, 5.74) is 4.49. The molecule has 0 aliphatic carbocycles. The van der Waals surface area contributed by atoms with Gasteiger partial charge in [0.15, 0.2) is 0 Å². The van der Waals surface area contributed by atoms with Gasteiger partial charge in [-0.3, -0.25) is 4.79 Å². The molecule has 0 fully saturated rings. The number of aromatic nitrogens is 1. The van der Waals surface area contributed by atoms with E-state index in [4.69, 9.17) is 0 Å². The van der Waals surface area contributed by atoms with Gasteiger partial charge in [0, 0.05) is 17.0 Å². The van der Waals surface area contributed by atoms with Gasteiger partial charge < -0.3 is 10.1 Å². The van der Waals surface area contributed by atoms with Crippen LogP contribution in [0.1, 0.15) is 31.4 Å². The van der Waals surface area contributed by atoms with Crippen molar-refractivity contribution in [1.29, 1.82) is 0 Å². The third-order valence-electron chi connectivity index (χ3n) is 4.32. The molecule has 0 aliphatic heterocycles. The van der Waals surface area contributed by atoms with Gasteiger partial charge in [-0.1, -0.05) is 42.0 Å². The summed E-state index contributed by atoms with van der Waals surface area (Å²) >= 11 is 1.55. The summed E-state index contributed by atoms with van der Waals surface area (Å²) < 4.78 is 4.68. The average Bonchev–Trinajstić information content (AvgIpc) is 3.06. The molecule has 0 bridgehead atoms. The molecule has 1 amide bonds.